The van der Waals surface area contributed by atoms with Crippen molar-refractivity contribution in [2.45, 2.75) is 32.7 Å². The molecule has 22 heavy (non-hydrogen) atoms. The number of benzene rings is 1. The number of hydrogen-bond donors (Lipinski definition) is 1. The van der Waals surface area contributed by atoms with Crippen molar-refractivity contribution in [2.75, 3.05) is 13.0 Å². The van der Waals surface area contributed by atoms with Crippen LogP contribution in [0.4, 0.5) is 0 Å². The van der Waals surface area contributed by atoms with E-state index < -0.39 is 5.54 Å². The Bertz CT molecular complexity index is 587. The molecule has 0 saturated heterocycles. The van der Waals surface area contributed by atoms with Gasteiger partial charge in [-0.25, -0.2) is 0 Å². The molecule has 0 aliphatic carbocycles. The number of halogens is 1. The summed E-state index contributed by atoms with van der Waals surface area (Å²) in [6.45, 7) is 5.33. The van der Waals surface area contributed by atoms with Crippen LogP contribution in [0.3, 0.4) is 0 Å². The van der Waals surface area contributed by atoms with E-state index in [1.54, 1.807) is 19.1 Å². The van der Waals surface area contributed by atoms with E-state index in [0.29, 0.717) is 12.0 Å². The summed E-state index contributed by atoms with van der Waals surface area (Å²) in [4.78, 5) is 29.1. The lowest BCUT2D eigenvalue weighted by Gasteiger charge is -2.27. The Kier molecular flexibility index (Phi) is 6.56. The molecule has 120 valence electrons. The van der Waals surface area contributed by atoms with Crippen LogP contribution in [0.15, 0.2) is 23.4 Å². The van der Waals surface area contributed by atoms with Crippen LogP contribution < -0.4 is 5.32 Å². The lowest BCUT2D eigenvalue weighted by Crippen LogP contribution is -2.52. The van der Waals surface area contributed by atoms with Gasteiger partial charge >= 0.3 is 0 Å². The van der Waals surface area contributed by atoms with E-state index in [0.717, 1.165) is 11.1 Å². The van der Waals surface area contributed by atoms with Gasteiger partial charge in [0, 0.05) is 5.56 Å². The summed E-state index contributed by atoms with van der Waals surface area (Å²) in [5, 5.41) is 6.49. The predicted molar refractivity (Wildman–Crippen MR) is 87.7 cm³/mol. The Hall–Kier alpha value is -1.88. The monoisotopic (exact) mass is 324 g/mol. The molecule has 5 nitrogen and oxygen atoms in total. The van der Waals surface area contributed by atoms with E-state index in [-0.39, 0.29) is 17.6 Å². The largest absolute Gasteiger partial charge is 0.399 e. The highest BCUT2D eigenvalue weighted by atomic mass is 35.5. The second kappa shape index (κ2) is 7.94. The molecule has 6 heteroatoms. The maximum atomic E-state index is 12.5. The zero-order valence-electron chi connectivity index (χ0n) is 13.3. The fourth-order valence-corrected chi connectivity index (χ4v) is 2.26. The van der Waals surface area contributed by atoms with Crippen LogP contribution >= 0.6 is 11.6 Å². The number of carbonyl (C=O) groups is 2. The molecule has 0 heterocycles. The topological polar surface area (TPSA) is 67.8 Å². The van der Waals surface area contributed by atoms with Crippen molar-refractivity contribution in [3.05, 3.63) is 34.9 Å². The highest BCUT2D eigenvalue weighted by Gasteiger charge is 2.32. The Morgan fingerprint density at radius 2 is 2.14 bits per heavy atom. The number of rotatable bonds is 7. The van der Waals surface area contributed by atoms with Gasteiger partial charge in [0.15, 0.2) is 5.78 Å². The normalized spacial score (nSPS) is 13.7. The number of amides is 1. The minimum absolute atomic E-state index is 0.135. The fraction of sp³-hybridized carbons (Fsp3) is 0.438. The summed E-state index contributed by atoms with van der Waals surface area (Å²) in [5.41, 5.74) is 1.05. The zero-order chi connectivity index (χ0) is 16.8. The molecule has 1 atom stereocenters. The van der Waals surface area contributed by atoms with Crippen molar-refractivity contribution >= 4 is 29.5 Å². The molecule has 0 saturated carbocycles. The summed E-state index contributed by atoms with van der Waals surface area (Å²) < 4.78 is 0. The number of carbonyl (C=O) groups excluding carboxylic acids is 2. The average molecular weight is 325 g/mol. The molecule has 0 bridgehead atoms. The van der Waals surface area contributed by atoms with Crippen LogP contribution in [-0.2, 0) is 9.63 Å². The van der Waals surface area contributed by atoms with E-state index in [2.05, 4.69) is 15.3 Å². The molecule has 0 fully saturated rings. The van der Waals surface area contributed by atoms with Gasteiger partial charge in [0.2, 0.25) is 0 Å². The third-order valence-corrected chi connectivity index (χ3v) is 3.99. The van der Waals surface area contributed by atoms with Crippen LogP contribution in [0.25, 0.3) is 0 Å². The number of nitrogens with zero attached hydrogens (tertiary/aromatic N) is 1. The lowest BCUT2D eigenvalue weighted by atomic mass is 9.93. The predicted octanol–water partition coefficient (Wildman–Crippen LogP) is 2.68. The van der Waals surface area contributed by atoms with Gasteiger partial charge in [-0.15, -0.1) is 11.6 Å². The Balaban J connectivity index is 3.08. The minimum Gasteiger partial charge on any atom is -0.399 e. The Morgan fingerprint density at radius 3 is 2.68 bits per heavy atom. The molecule has 1 aromatic carbocycles. The molecule has 0 aromatic heterocycles. The van der Waals surface area contributed by atoms with E-state index in [9.17, 15) is 9.59 Å². The van der Waals surface area contributed by atoms with Crippen LogP contribution in [0, 0.1) is 6.92 Å². The first-order valence-electron chi connectivity index (χ1n) is 6.97. The van der Waals surface area contributed by atoms with Crippen molar-refractivity contribution in [1.82, 2.24) is 5.32 Å². The Morgan fingerprint density at radius 1 is 1.45 bits per heavy atom. The van der Waals surface area contributed by atoms with Crippen LogP contribution in [0.5, 0.6) is 0 Å². The molecule has 0 radical (unpaired) electrons. The molecule has 1 amide bonds. The third kappa shape index (κ3) is 4.07. The number of Topliss-reactive ketones (excluding diaryl/α,β-unsaturated/α-hetero) is 1. The van der Waals surface area contributed by atoms with Gasteiger partial charge in [0.1, 0.15) is 7.11 Å². The molecule has 1 rings (SSSR count). The van der Waals surface area contributed by atoms with Gasteiger partial charge in [-0.05, 0) is 37.5 Å². The second-order valence-corrected chi connectivity index (χ2v) is 5.40. The molecule has 1 unspecified atom stereocenters. The zero-order valence-corrected chi connectivity index (χ0v) is 14.0. The number of hydrogen-bond acceptors (Lipinski definition) is 4. The first-order chi connectivity index (χ1) is 10.4. The third-order valence-electron chi connectivity index (χ3n) is 3.75. The molecular weight excluding hydrogens is 304 g/mol. The molecule has 1 N–H and O–H groups in total. The fourth-order valence-electron chi connectivity index (χ4n) is 1.97. The van der Waals surface area contributed by atoms with Crippen LogP contribution in [-0.4, -0.2) is 36.4 Å². The van der Waals surface area contributed by atoms with E-state index >= 15 is 0 Å². The van der Waals surface area contributed by atoms with Crippen molar-refractivity contribution < 1.29 is 14.4 Å². The Labute approximate surface area is 135 Å². The van der Waals surface area contributed by atoms with E-state index in [1.807, 2.05) is 19.9 Å². The van der Waals surface area contributed by atoms with Gasteiger partial charge in [-0.2, -0.15) is 0 Å². The second-order valence-electron chi connectivity index (χ2n) is 5.13. The van der Waals surface area contributed by atoms with Crippen molar-refractivity contribution in [1.29, 1.82) is 0 Å². The summed E-state index contributed by atoms with van der Waals surface area (Å²) in [6.07, 6.45) is 2.00. The summed E-state index contributed by atoms with van der Waals surface area (Å²) >= 11 is 5.63. The van der Waals surface area contributed by atoms with Crippen LogP contribution in [0.2, 0.25) is 0 Å². The van der Waals surface area contributed by atoms with E-state index in [4.69, 9.17) is 11.6 Å². The van der Waals surface area contributed by atoms with Gasteiger partial charge < -0.3 is 10.2 Å². The highest BCUT2D eigenvalue weighted by Crippen LogP contribution is 2.17. The standard InChI is InChI=1S/C16H21ClN2O3/c1-5-16(3,14(20)9-17)19-15(21)13-8-6-7-12(11(13)2)10-18-22-4/h6-8,10H,5,9H2,1-4H3,(H,19,21). The number of oxime groups is 1. The minimum atomic E-state index is -0.970. The van der Waals surface area contributed by atoms with Crippen molar-refractivity contribution in [3.63, 3.8) is 0 Å². The quantitative estimate of drug-likeness (QED) is 0.476. The number of ketones is 1. The maximum absolute atomic E-state index is 12.5. The van der Waals surface area contributed by atoms with Gasteiger partial charge in [0.25, 0.3) is 5.91 Å². The molecule has 0 aliphatic rings. The molecule has 0 aliphatic heterocycles. The van der Waals surface area contributed by atoms with E-state index in [1.165, 1.54) is 13.3 Å². The smallest absolute Gasteiger partial charge is 0.252 e. The number of nitrogens with one attached hydrogen (secondary N) is 1. The summed E-state index contributed by atoms with van der Waals surface area (Å²) in [7, 11) is 1.45. The summed E-state index contributed by atoms with van der Waals surface area (Å²) in [6, 6.07) is 5.29. The van der Waals surface area contributed by atoms with Crippen molar-refractivity contribution in [3.8, 4) is 0 Å². The molecule has 1 aromatic rings. The lowest BCUT2D eigenvalue weighted by molar-refractivity contribution is -0.122. The summed E-state index contributed by atoms with van der Waals surface area (Å²) in [5.74, 6) is -0.655. The van der Waals surface area contributed by atoms with Crippen molar-refractivity contribution in [2.24, 2.45) is 5.16 Å². The average Bonchev–Trinajstić information content (AvgIpc) is 2.52. The molecular formula is C16H21ClN2O3. The first kappa shape index (κ1) is 18.2. The highest BCUT2D eigenvalue weighted by molar-refractivity contribution is 6.29. The van der Waals surface area contributed by atoms with Crippen LogP contribution in [0.1, 0.15) is 41.8 Å². The SMILES string of the molecule is CCC(C)(NC(=O)c1cccc(C=NOC)c1C)C(=O)CCl. The first-order valence-corrected chi connectivity index (χ1v) is 7.51. The van der Waals surface area contributed by atoms with Gasteiger partial charge in [0.05, 0.1) is 17.6 Å². The van der Waals surface area contributed by atoms with Gasteiger partial charge in [-0.1, -0.05) is 24.2 Å². The number of alkyl halides is 1. The maximum Gasteiger partial charge on any atom is 0.252 e. The van der Waals surface area contributed by atoms with Gasteiger partial charge in [-0.3, -0.25) is 9.59 Å². The molecule has 0 spiro atoms.